The van der Waals surface area contributed by atoms with Crippen LogP contribution in [0.15, 0.2) is 40.9 Å². The van der Waals surface area contributed by atoms with Gasteiger partial charge in [-0.2, -0.15) is 4.98 Å². The molecule has 2 aromatic heterocycles. The third kappa shape index (κ3) is 2.65. The van der Waals surface area contributed by atoms with Gasteiger partial charge in [0.25, 0.3) is 5.89 Å². The second-order valence-corrected chi connectivity index (χ2v) is 5.60. The van der Waals surface area contributed by atoms with E-state index in [1.54, 1.807) is 20.3 Å². The molecule has 8 heteroatoms. The van der Waals surface area contributed by atoms with Crippen molar-refractivity contribution in [3.05, 3.63) is 36.4 Å². The van der Waals surface area contributed by atoms with E-state index in [1.165, 1.54) is 0 Å². The summed E-state index contributed by atoms with van der Waals surface area (Å²) in [4.78, 5) is 4.51. The molecule has 0 aliphatic rings. The number of aromatic nitrogens is 5. The maximum atomic E-state index is 5.45. The van der Waals surface area contributed by atoms with Gasteiger partial charge in [0.15, 0.2) is 0 Å². The molecule has 0 bridgehead atoms. The lowest BCUT2D eigenvalue weighted by Gasteiger charge is -2.06. The molecule has 2 heterocycles. The Kier molecular flexibility index (Phi) is 4.00. The van der Waals surface area contributed by atoms with Crippen molar-refractivity contribution in [2.45, 2.75) is 13.5 Å². The van der Waals surface area contributed by atoms with Gasteiger partial charge < -0.3 is 14.0 Å². The minimum Gasteiger partial charge on any atom is -0.497 e. The highest BCUT2D eigenvalue weighted by Crippen LogP contribution is 2.33. The number of benzene rings is 2. The fraction of sp³-hybridized carbons (Fsp3) is 0.222. The third-order valence-electron chi connectivity index (χ3n) is 4.14. The summed E-state index contributed by atoms with van der Waals surface area (Å²) in [5.41, 5.74) is 3.29. The average molecular weight is 351 g/mol. The number of ether oxygens (including phenoxy) is 2. The van der Waals surface area contributed by atoms with Crippen molar-refractivity contribution in [2.75, 3.05) is 14.2 Å². The van der Waals surface area contributed by atoms with E-state index >= 15 is 0 Å². The van der Waals surface area contributed by atoms with Crippen LogP contribution in [-0.2, 0) is 6.54 Å². The minimum absolute atomic E-state index is 0.377. The molecule has 26 heavy (non-hydrogen) atoms. The number of rotatable bonds is 5. The number of fused-ring (bicyclic) bond motifs is 1. The van der Waals surface area contributed by atoms with Crippen molar-refractivity contribution in [3.63, 3.8) is 0 Å². The molecule has 4 aromatic rings. The average Bonchev–Trinajstić information content (AvgIpc) is 3.33. The first-order valence-corrected chi connectivity index (χ1v) is 8.13. The summed E-state index contributed by atoms with van der Waals surface area (Å²) in [6.07, 6.45) is 0. The summed E-state index contributed by atoms with van der Waals surface area (Å²) >= 11 is 0. The maximum absolute atomic E-state index is 5.45. The van der Waals surface area contributed by atoms with Crippen LogP contribution in [0.3, 0.4) is 0 Å². The highest BCUT2D eigenvalue weighted by molar-refractivity contribution is 5.80. The lowest BCUT2D eigenvalue weighted by atomic mass is 10.1. The Morgan fingerprint density at radius 1 is 1.08 bits per heavy atom. The van der Waals surface area contributed by atoms with Gasteiger partial charge >= 0.3 is 0 Å². The SMILES string of the molecule is CCn1nnc2ccc(-c3noc(-c4ccc(OC)cc4OC)n3)cc21. The van der Waals surface area contributed by atoms with Crippen LogP contribution in [0.25, 0.3) is 33.9 Å². The summed E-state index contributed by atoms with van der Waals surface area (Å²) in [5.74, 6) is 2.16. The highest BCUT2D eigenvalue weighted by Gasteiger charge is 2.16. The molecule has 0 unspecified atom stereocenters. The first kappa shape index (κ1) is 16.1. The van der Waals surface area contributed by atoms with Gasteiger partial charge in [0.05, 0.1) is 25.3 Å². The monoisotopic (exact) mass is 351 g/mol. The number of hydrogen-bond donors (Lipinski definition) is 0. The normalized spacial score (nSPS) is 11.0. The van der Waals surface area contributed by atoms with Crippen molar-refractivity contribution >= 4 is 11.0 Å². The van der Waals surface area contributed by atoms with Crippen LogP contribution in [0.5, 0.6) is 11.5 Å². The van der Waals surface area contributed by atoms with Gasteiger partial charge in [0, 0.05) is 18.2 Å². The molecular formula is C18H17N5O3. The fourth-order valence-corrected chi connectivity index (χ4v) is 2.76. The standard InChI is InChI=1S/C18H17N5O3/c1-4-23-15-9-11(5-8-14(15)20-22-23)17-19-18(26-21-17)13-7-6-12(24-2)10-16(13)25-3/h5-10H,4H2,1-3H3. The zero-order chi connectivity index (χ0) is 18.1. The van der Waals surface area contributed by atoms with Crippen LogP contribution in [-0.4, -0.2) is 39.4 Å². The predicted octanol–water partition coefficient (Wildman–Crippen LogP) is 3.19. The van der Waals surface area contributed by atoms with E-state index in [0.717, 1.165) is 23.1 Å². The van der Waals surface area contributed by atoms with Crippen molar-refractivity contribution in [1.82, 2.24) is 25.1 Å². The highest BCUT2D eigenvalue weighted by atomic mass is 16.5. The van der Waals surface area contributed by atoms with E-state index in [0.29, 0.717) is 28.8 Å². The molecule has 132 valence electrons. The quantitative estimate of drug-likeness (QED) is 0.545. The summed E-state index contributed by atoms with van der Waals surface area (Å²) in [5, 5.41) is 12.4. The first-order valence-electron chi connectivity index (χ1n) is 8.13. The van der Waals surface area contributed by atoms with Gasteiger partial charge in [0.1, 0.15) is 17.0 Å². The van der Waals surface area contributed by atoms with Gasteiger partial charge in [-0.25, -0.2) is 4.68 Å². The molecule has 0 aliphatic heterocycles. The molecule has 0 spiro atoms. The lowest BCUT2D eigenvalue weighted by Crippen LogP contribution is -1.96. The Hall–Kier alpha value is -3.42. The fourth-order valence-electron chi connectivity index (χ4n) is 2.76. The van der Waals surface area contributed by atoms with E-state index in [1.807, 2.05) is 41.9 Å². The van der Waals surface area contributed by atoms with Crippen LogP contribution in [0.1, 0.15) is 6.92 Å². The molecule has 0 amide bonds. The predicted molar refractivity (Wildman–Crippen MR) is 95.0 cm³/mol. The Labute approximate surface area is 149 Å². The molecule has 0 aliphatic carbocycles. The molecule has 0 radical (unpaired) electrons. The minimum atomic E-state index is 0.377. The van der Waals surface area contributed by atoms with Crippen LogP contribution >= 0.6 is 0 Å². The second-order valence-electron chi connectivity index (χ2n) is 5.60. The van der Waals surface area contributed by atoms with Crippen LogP contribution in [0.2, 0.25) is 0 Å². The number of hydrogen-bond acceptors (Lipinski definition) is 7. The van der Waals surface area contributed by atoms with Crippen LogP contribution < -0.4 is 9.47 Å². The van der Waals surface area contributed by atoms with Crippen molar-refractivity contribution in [1.29, 1.82) is 0 Å². The summed E-state index contributed by atoms with van der Waals surface area (Å²) in [7, 11) is 3.19. The molecule has 2 aromatic carbocycles. The summed E-state index contributed by atoms with van der Waals surface area (Å²) in [6, 6.07) is 11.2. The van der Waals surface area contributed by atoms with Crippen molar-refractivity contribution in [3.8, 4) is 34.3 Å². The molecule has 4 rings (SSSR count). The third-order valence-corrected chi connectivity index (χ3v) is 4.14. The van der Waals surface area contributed by atoms with Gasteiger partial charge in [-0.1, -0.05) is 10.4 Å². The van der Waals surface area contributed by atoms with Crippen LogP contribution in [0, 0.1) is 0 Å². The number of aryl methyl sites for hydroxylation is 1. The van der Waals surface area contributed by atoms with Crippen molar-refractivity contribution < 1.29 is 14.0 Å². The van der Waals surface area contributed by atoms with E-state index in [4.69, 9.17) is 14.0 Å². The van der Waals surface area contributed by atoms with Gasteiger partial charge in [-0.05, 0) is 37.3 Å². The number of methoxy groups -OCH3 is 2. The molecule has 0 saturated carbocycles. The first-order chi connectivity index (χ1) is 12.7. The smallest absolute Gasteiger partial charge is 0.262 e. The van der Waals surface area contributed by atoms with E-state index < -0.39 is 0 Å². The molecule has 8 nitrogen and oxygen atoms in total. The zero-order valence-corrected chi connectivity index (χ0v) is 14.6. The summed E-state index contributed by atoms with van der Waals surface area (Å²) < 4.78 is 17.9. The lowest BCUT2D eigenvalue weighted by molar-refractivity contribution is 0.391. The summed E-state index contributed by atoms with van der Waals surface area (Å²) in [6.45, 7) is 2.75. The van der Waals surface area contributed by atoms with Gasteiger partial charge in [-0.15, -0.1) is 5.10 Å². The topological polar surface area (TPSA) is 88.1 Å². The Bertz CT molecular complexity index is 1070. The maximum Gasteiger partial charge on any atom is 0.262 e. The van der Waals surface area contributed by atoms with Crippen molar-refractivity contribution in [2.24, 2.45) is 0 Å². The van der Waals surface area contributed by atoms with E-state index in [9.17, 15) is 0 Å². The number of nitrogens with zero attached hydrogens (tertiary/aromatic N) is 5. The molecule has 0 atom stereocenters. The Morgan fingerprint density at radius 3 is 2.73 bits per heavy atom. The van der Waals surface area contributed by atoms with E-state index in [-0.39, 0.29) is 0 Å². The van der Waals surface area contributed by atoms with Gasteiger partial charge in [0.2, 0.25) is 5.82 Å². The van der Waals surface area contributed by atoms with Gasteiger partial charge in [-0.3, -0.25) is 0 Å². The molecule has 0 fully saturated rings. The Morgan fingerprint density at radius 2 is 1.96 bits per heavy atom. The van der Waals surface area contributed by atoms with E-state index in [2.05, 4.69) is 20.5 Å². The molecule has 0 N–H and O–H groups in total. The zero-order valence-electron chi connectivity index (χ0n) is 14.6. The van der Waals surface area contributed by atoms with Crippen LogP contribution in [0.4, 0.5) is 0 Å². The Balaban J connectivity index is 1.74. The molecular weight excluding hydrogens is 334 g/mol. The second kappa shape index (κ2) is 6.47. The molecule has 0 saturated heterocycles. The largest absolute Gasteiger partial charge is 0.497 e.